The highest BCUT2D eigenvalue weighted by molar-refractivity contribution is 5.20. The quantitative estimate of drug-likeness (QED) is 0.864. The van der Waals surface area contributed by atoms with Gasteiger partial charge in [-0.1, -0.05) is 6.92 Å². The maximum absolute atomic E-state index is 13.9. The molecule has 2 aliphatic carbocycles. The number of aromatic nitrogens is 1. The van der Waals surface area contributed by atoms with E-state index in [-0.39, 0.29) is 11.9 Å². The Morgan fingerprint density at radius 2 is 2.17 bits per heavy atom. The van der Waals surface area contributed by atoms with Crippen molar-refractivity contribution in [3.8, 4) is 0 Å². The SMILES string of the molecule is CCCNC(c1ccncc1F)C1CC2CC2C1. The molecule has 0 amide bonds. The average molecular weight is 248 g/mol. The second-order valence-electron chi connectivity index (χ2n) is 5.82. The normalized spacial score (nSPS) is 31.1. The van der Waals surface area contributed by atoms with Crippen molar-refractivity contribution < 1.29 is 4.39 Å². The van der Waals surface area contributed by atoms with Crippen LogP contribution >= 0.6 is 0 Å². The number of nitrogens with one attached hydrogen (secondary N) is 1. The molecule has 0 aliphatic heterocycles. The lowest BCUT2D eigenvalue weighted by Gasteiger charge is -2.26. The van der Waals surface area contributed by atoms with Crippen molar-refractivity contribution in [2.45, 2.75) is 38.6 Å². The fourth-order valence-electron chi connectivity index (χ4n) is 3.50. The molecule has 2 aliphatic rings. The van der Waals surface area contributed by atoms with E-state index in [0.717, 1.165) is 30.4 Å². The summed E-state index contributed by atoms with van der Waals surface area (Å²) < 4.78 is 13.9. The first-order chi connectivity index (χ1) is 8.79. The lowest BCUT2D eigenvalue weighted by Crippen LogP contribution is -2.29. The summed E-state index contributed by atoms with van der Waals surface area (Å²) in [5, 5.41) is 3.54. The van der Waals surface area contributed by atoms with Gasteiger partial charge in [-0.2, -0.15) is 0 Å². The first-order valence-corrected chi connectivity index (χ1v) is 7.12. The molecule has 1 N–H and O–H groups in total. The van der Waals surface area contributed by atoms with Gasteiger partial charge in [-0.25, -0.2) is 4.39 Å². The number of nitrogens with zero attached hydrogens (tertiary/aromatic N) is 1. The van der Waals surface area contributed by atoms with Crippen LogP contribution in [0.4, 0.5) is 4.39 Å². The van der Waals surface area contributed by atoms with E-state index in [1.807, 2.05) is 6.07 Å². The minimum absolute atomic E-state index is 0.160. The first-order valence-electron chi connectivity index (χ1n) is 7.12. The molecule has 1 heterocycles. The summed E-state index contributed by atoms with van der Waals surface area (Å²) in [4.78, 5) is 3.86. The molecular formula is C15H21FN2. The molecule has 2 saturated carbocycles. The summed E-state index contributed by atoms with van der Waals surface area (Å²) in [7, 11) is 0. The molecule has 0 bridgehead atoms. The molecule has 18 heavy (non-hydrogen) atoms. The highest BCUT2D eigenvalue weighted by Crippen LogP contribution is 2.57. The van der Waals surface area contributed by atoms with Crippen LogP contribution in [0.2, 0.25) is 0 Å². The van der Waals surface area contributed by atoms with Gasteiger partial charge in [0.15, 0.2) is 0 Å². The van der Waals surface area contributed by atoms with Crippen LogP contribution in [0.3, 0.4) is 0 Å². The molecule has 98 valence electrons. The number of fused-ring (bicyclic) bond motifs is 1. The number of halogens is 1. The van der Waals surface area contributed by atoms with E-state index in [4.69, 9.17) is 0 Å². The van der Waals surface area contributed by atoms with Gasteiger partial charge in [-0.15, -0.1) is 0 Å². The van der Waals surface area contributed by atoms with E-state index in [1.54, 1.807) is 6.20 Å². The molecule has 0 radical (unpaired) electrons. The Bertz CT molecular complexity index is 411. The Balaban J connectivity index is 1.78. The molecule has 3 atom stereocenters. The van der Waals surface area contributed by atoms with Crippen LogP contribution < -0.4 is 5.32 Å². The van der Waals surface area contributed by atoms with Crippen molar-refractivity contribution in [3.63, 3.8) is 0 Å². The molecule has 3 rings (SSSR count). The predicted octanol–water partition coefficient (Wildman–Crippen LogP) is 3.31. The summed E-state index contributed by atoms with van der Waals surface area (Å²) in [6, 6.07) is 2.02. The minimum atomic E-state index is -0.160. The molecule has 0 spiro atoms. The lowest BCUT2D eigenvalue weighted by atomic mass is 9.89. The van der Waals surface area contributed by atoms with Crippen LogP contribution in [0.25, 0.3) is 0 Å². The highest BCUT2D eigenvalue weighted by atomic mass is 19.1. The molecular weight excluding hydrogens is 227 g/mol. The third kappa shape index (κ3) is 2.28. The zero-order valence-electron chi connectivity index (χ0n) is 10.9. The second-order valence-corrected chi connectivity index (χ2v) is 5.82. The Hall–Kier alpha value is -0.960. The average Bonchev–Trinajstić information content (AvgIpc) is 2.99. The van der Waals surface area contributed by atoms with Crippen molar-refractivity contribution in [1.82, 2.24) is 10.3 Å². The number of hydrogen-bond donors (Lipinski definition) is 1. The fourth-order valence-corrected chi connectivity index (χ4v) is 3.50. The van der Waals surface area contributed by atoms with Gasteiger partial charge in [0.1, 0.15) is 5.82 Å². The van der Waals surface area contributed by atoms with Crippen LogP contribution in [0.5, 0.6) is 0 Å². The summed E-state index contributed by atoms with van der Waals surface area (Å²) in [5.41, 5.74) is 0.810. The van der Waals surface area contributed by atoms with Crippen molar-refractivity contribution >= 4 is 0 Å². The van der Waals surface area contributed by atoms with Crippen molar-refractivity contribution in [2.24, 2.45) is 17.8 Å². The van der Waals surface area contributed by atoms with E-state index in [0.29, 0.717) is 5.92 Å². The third-order valence-electron chi connectivity index (χ3n) is 4.50. The van der Waals surface area contributed by atoms with Crippen LogP contribution in [-0.2, 0) is 0 Å². The van der Waals surface area contributed by atoms with Crippen molar-refractivity contribution in [2.75, 3.05) is 6.54 Å². The van der Waals surface area contributed by atoms with E-state index < -0.39 is 0 Å². The van der Waals surface area contributed by atoms with Crippen molar-refractivity contribution in [3.05, 3.63) is 29.8 Å². The van der Waals surface area contributed by atoms with Gasteiger partial charge in [-0.3, -0.25) is 4.98 Å². The van der Waals surface area contributed by atoms with Gasteiger partial charge in [0.2, 0.25) is 0 Å². The van der Waals surface area contributed by atoms with E-state index >= 15 is 0 Å². The Morgan fingerprint density at radius 3 is 2.83 bits per heavy atom. The van der Waals surface area contributed by atoms with Crippen LogP contribution in [-0.4, -0.2) is 11.5 Å². The zero-order valence-corrected chi connectivity index (χ0v) is 10.9. The molecule has 0 saturated heterocycles. The van der Waals surface area contributed by atoms with Gasteiger partial charge in [-0.05, 0) is 56.0 Å². The molecule has 0 aromatic carbocycles. The fraction of sp³-hybridized carbons (Fsp3) is 0.667. The summed E-state index contributed by atoms with van der Waals surface area (Å²) >= 11 is 0. The molecule has 3 unspecified atom stereocenters. The van der Waals surface area contributed by atoms with E-state index in [2.05, 4.69) is 17.2 Å². The number of rotatable bonds is 5. The largest absolute Gasteiger partial charge is 0.310 e. The number of pyridine rings is 1. The van der Waals surface area contributed by atoms with Gasteiger partial charge >= 0.3 is 0 Å². The lowest BCUT2D eigenvalue weighted by molar-refractivity contribution is 0.333. The zero-order chi connectivity index (χ0) is 12.5. The number of hydrogen-bond acceptors (Lipinski definition) is 2. The Labute approximate surface area is 108 Å². The van der Waals surface area contributed by atoms with Crippen LogP contribution in [0, 0.1) is 23.6 Å². The summed E-state index contributed by atoms with van der Waals surface area (Å²) in [6.45, 7) is 3.11. The second kappa shape index (κ2) is 4.96. The van der Waals surface area contributed by atoms with Crippen LogP contribution in [0.15, 0.2) is 18.5 Å². The molecule has 1 aromatic heterocycles. The summed E-state index contributed by atoms with van der Waals surface area (Å²) in [6.07, 6.45) is 8.08. The highest BCUT2D eigenvalue weighted by Gasteiger charge is 2.48. The van der Waals surface area contributed by atoms with E-state index in [1.165, 1.54) is 25.5 Å². The van der Waals surface area contributed by atoms with E-state index in [9.17, 15) is 4.39 Å². The maximum atomic E-state index is 13.9. The summed E-state index contributed by atoms with van der Waals surface area (Å²) in [5.74, 6) is 2.32. The first kappa shape index (κ1) is 12.1. The Kier molecular flexibility index (Phi) is 3.33. The standard InChI is InChI=1S/C15H21FN2/c1-2-4-18-15(12-7-10-6-11(10)8-12)13-3-5-17-9-14(13)16/h3,5,9-12,15,18H,2,4,6-8H2,1H3. The van der Waals surface area contributed by atoms with Gasteiger partial charge in [0.25, 0.3) is 0 Å². The Morgan fingerprint density at radius 1 is 1.39 bits per heavy atom. The molecule has 2 fully saturated rings. The monoisotopic (exact) mass is 248 g/mol. The van der Waals surface area contributed by atoms with Crippen molar-refractivity contribution in [1.29, 1.82) is 0 Å². The topological polar surface area (TPSA) is 24.9 Å². The van der Waals surface area contributed by atoms with Gasteiger partial charge in [0, 0.05) is 17.8 Å². The van der Waals surface area contributed by atoms with Gasteiger partial charge < -0.3 is 5.32 Å². The van der Waals surface area contributed by atoms with Crippen LogP contribution in [0.1, 0.15) is 44.2 Å². The molecule has 1 aromatic rings. The van der Waals surface area contributed by atoms with Gasteiger partial charge in [0.05, 0.1) is 6.20 Å². The molecule has 2 nitrogen and oxygen atoms in total. The minimum Gasteiger partial charge on any atom is -0.310 e. The maximum Gasteiger partial charge on any atom is 0.146 e. The third-order valence-corrected chi connectivity index (χ3v) is 4.50. The smallest absolute Gasteiger partial charge is 0.146 e. The predicted molar refractivity (Wildman–Crippen MR) is 69.6 cm³/mol. The molecule has 3 heteroatoms.